The van der Waals surface area contributed by atoms with Gasteiger partial charge < -0.3 is 20.3 Å². The predicted octanol–water partition coefficient (Wildman–Crippen LogP) is -1.19. The first kappa shape index (κ1) is 16.4. The molecule has 0 bridgehead atoms. The molecule has 1 unspecified atom stereocenters. The highest BCUT2D eigenvalue weighted by molar-refractivity contribution is 6.02. The molecule has 104 valence electrons. The highest BCUT2D eigenvalue weighted by Gasteiger charge is 2.28. The number of carbonyl (C=O) groups is 3. The summed E-state index contributed by atoms with van der Waals surface area (Å²) in [5.74, 6) is -1.62. The number of esters is 1. The van der Waals surface area contributed by atoms with Gasteiger partial charge in [0.25, 0.3) is 5.91 Å². The number of amides is 2. The summed E-state index contributed by atoms with van der Waals surface area (Å²) in [6, 6.07) is -1.38. The molecule has 0 spiro atoms. The molecule has 0 aromatic heterocycles. The molecule has 2 N–H and O–H groups in total. The minimum Gasteiger partial charge on any atom is -0.464 e. The fraction of sp³-hybridized carbons (Fsp3) is 0.727. The summed E-state index contributed by atoms with van der Waals surface area (Å²) >= 11 is 0. The summed E-state index contributed by atoms with van der Waals surface area (Å²) in [5, 5.41) is 0. The van der Waals surface area contributed by atoms with Gasteiger partial charge in [-0.15, -0.1) is 0 Å². The van der Waals surface area contributed by atoms with Crippen molar-refractivity contribution >= 4 is 17.8 Å². The molecule has 0 saturated carbocycles. The maximum atomic E-state index is 11.9. The van der Waals surface area contributed by atoms with Gasteiger partial charge in [-0.3, -0.25) is 9.59 Å². The van der Waals surface area contributed by atoms with Gasteiger partial charge in [0.1, 0.15) is 0 Å². The smallest absolute Gasteiger partial charge is 0.332 e. The van der Waals surface area contributed by atoms with Crippen molar-refractivity contribution in [1.29, 1.82) is 0 Å². The lowest BCUT2D eigenvalue weighted by Crippen LogP contribution is -2.51. The molecular weight excluding hydrogens is 238 g/mol. The maximum absolute atomic E-state index is 11.9. The predicted molar refractivity (Wildman–Crippen MR) is 65.6 cm³/mol. The average molecular weight is 259 g/mol. The number of hydrogen-bond acceptors (Lipinski definition) is 5. The van der Waals surface area contributed by atoms with Crippen molar-refractivity contribution in [3.8, 4) is 0 Å². The summed E-state index contributed by atoms with van der Waals surface area (Å²) in [6.45, 7) is 3.69. The lowest BCUT2D eigenvalue weighted by molar-refractivity contribution is -0.152. The lowest BCUT2D eigenvalue weighted by atomic mass is 10.2. The van der Waals surface area contributed by atoms with E-state index in [-0.39, 0.29) is 19.1 Å². The van der Waals surface area contributed by atoms with E-state index in [1.165, 1.54) is 9.80 Å². The Bertz CT molecular complexity index is 317. The van der Waals surface area contributed by atoms with Gasteiger partial charge in [-0.1, -0.05) is 0 Å². The summed E-state index contributed by atoms with van der Waals surface area (Å²) in [6.07, 6.45) is 0. The largest absolute Gasteiger partial charge is 0.464 e. The Balaban J connectivity index is 4.61. The van der Waals surface area contributed by atoms with Gasteiger partial charge in [0, 0.05) is 20.6 Å². The van der Waals surface area contributed by atoms with Gasteiger partial charge in [-0.25, -0.2) is 4.79 Å². The van der Waals surface area contributed by atoms with Crippen LogP contribution < -0.4 is 5.73 Å². The van der Waals surface area contributed by atoms with E-state index in [2.05, 4.69) is 4.74 Å². The van der Waals surface area contributed by atoms with Crippen LogP contribution >= 0.6 is 0 Å². The second kappa shape index (κ2) is 7.65. The van der Waals surface area contributed by atoms with Crippen LogP contribution in [0.1, 0.15) is 13.8 Å². The molecule has 0 aromatic carbocycles. The number of nitrogens with zero attached hydrogens (tertiary/aromatic N) is 2. The van der Waals surface area contributed by atoms with Gasteiger partial charge >= 0.3 is 5.97 Å². The summed E-state index contributed by atoms with van der Waals surface area (Å²) < 4.78 is 4.67. The van der Waals surface area contributed by atoms with Gasteiger partial charge in [-0.2, -0.15) is 0 Å². The van der Waals surface area contributed by atoms with Crippen molar-refractivity contribution in [3.05, 3.63) is 0 Å². The van der Waals surface area contributed by atoms with E-state index in [1.54, 1.807) is 27.9 Å². The molecule has 1 atom stereocenters. The van der Waals surface area contributed by atoms with Crippen LogP contribution in [0.25, 0.3) is 0 Å². The maximum Gasteiger partial charge on any atom is 0.332 e. The Morgan fingerprint density at radius 3 is 2.17 bits per heavy atom. The number of likely N-dealkylation sites (N-methyl/N-ethyl adjacent to an activating group) is 2. The summed E-state index contributed by atoms with van der Waals surface area (Å²) in [7, 11) is 3.18. The molecule has 0 rings (SSSR count). The number of ether oxygens (including phenoxy) is 1. The third-order valence-corrected chi connectivity index (χ3v) is 2.32. The molecule has 0 aromatic rings. The number of hydrogen-bond donors (Lipinski definition) is 1. The highest BCUT2D eigenvalue weighted by Crippen LogP contribution is 1.97. The molecule has 0 heterocycles. The minimum absolute atomic E-state index is 0.102. The Morgan fingerprint density at radius 2 is 1.78 bits per heavy atom. The van der Waals surface area contributed by atoms with E-state index in [4.69, 9.17) is 5.73 Å². The third kappa shape index (κ3) is 4.70. The average Bonchev–Trinajstić information content (AvgIpc) is 2.33. The minimum atomic E-state index is -1.38. The van der Waals surface area contributed by atoms with Crippen LogP contribution in [-0.2, 0) is 19.1 Å². The van der Waals surface area contributed by atoms with Gasteiger partial charge in [-0.05, 0) is 13.8 Å². The van der Waals surface area contributed by atoms with Gasteiger partial charge in [0.15, 0.2) is 6.04 Å². The van der Waals surface area contributed by atoms with E-state index in [0.717, 1.165) is 0 Å². The third-order valence-electron chi connectivity index (χ3n) is 2.32. The summed E-state index contributed by atoms with van der Waals surface area (Å²) in [5.41, 5.74) is 5.48. The Hall–Kier alpha value is -1.63. The van der Waals surface area contributed by atoms with Crippen molar-refractivity contribution in [2.24, 2.45) is 5.73 Å². The zero-order valence-electron chi connectivity index (χ0n) is 11.3. The van der Waals surface area contributed by atoms with E-state index < -0.39 is 17.9 Å². The van der Waals surface area contributed by atoms with Crippen LogP contribution in [0.4, 0.5) is 0 Å². The lowest BCUT2D eigenvalue weighted by Gasteiger charge is -2.24. The second-order valence-corrected chi connectivity index (χ2v) is 3.87. The molecule has 7 nitrogen and oxygen atoms in total. The van der Waals surface area contributed by atoms with E-state index in [9.17, 15) is 14.4 Å². The van der Waals surface area contributed by atoms with Crippen molar-refractivity contribution in [1.82, 2.24) is 9.80 Å². The SMILES string of the molecule is CCOC(=O)C(N)C(=O)N(CC)CC(=O)N(C)C. The van der Waals surface area contributed by atoms with E-state index in [1.807, 2.05) is 0 Å². The Morgan fingerprint density at radius 1 is 1.22 bits per heavy atom. The van der Waals surface area contributed by atoms with Crippen LogP contribution in [0.2, 0.25) is 0 Å². The molecule has 0 saturated heterocycles. The first-order valence-corrected chi connectivity index (χ1v) is 5.76. The van der Waals surface area contributed by atoms with Crippen molar-refractivity contribution in [2.75, 3.05) is 33.8 Å². The van der Waals surface area contributed by atoms with Crippen LogP contribution in [0.5, 0.6) is 0 Å². The molecule has 0 aliphatic carbocycles. The Labute approximate surface area is 107 Å². The quantitative estimate of drug-likeness (QED) is 0.478. The van der Waals surface area contributed by atoms with Crippen molar-refractivity contribution in [2.45, 2.75) is 19.9 Å². The van der Waals surface area contributed by atoms with Crippen molar-refractivity contribution < 1.29 is 19.1 Å². The summed E-state index contributed by atoms with van der Waals surface area (Å²) in [4.78, 5) is 37.3. The van der Waals surface area contributed by atoms with E-state index in [0.29, 0.717) is 6.54 Å². The second-order valence-electron chi connectivity index (χ2n) is 3.87. The number of nitrogens with two attached hydrogens (primary N) is 1. The van der Waals surface area contributed by atoms with Crippen LogP contribution in [0.15, 0.2) is 0 Å². The van der Waals surface area contributed by atoms with Crippen LogP contribution in [0, 0.1) is 0 Å². The topological polar surface area (TPSA) is 92.9 Å². The molecule has 0 radical (unpaired) electrons. The molecule has 2 amide bonds. The van der Waals surface area contributed by atoms with Gasteiger partial charge in [0.2, 0.25) is 5.91 Å². The standard InChI is InChI=1S/C11H21N3O4/c1-5-14(7-8(15)13(3)4)10(16)9(12)11(17)18-6-2/h9H,5-7,12H2,1-4H3. The molecule has 0 aliphatic rings. The molecule has 0 fully saturated rings. The van der Waals surface area contributed by atoms with Gasteiger partial charge in [0.05, 0.1) is 13.2 Å². The Kier molecular flexibility index (Phi) is 6.96. The van der Waals surface area contributed by atoms with Crippen LogP contribution in [-0.4, -0.2) is 67.4 Å². The molecule has 18 heavy (non-hydrogen) atoms. The highest BCUT2D eigenvalue weighted by atomic mass is 16.5. The van der Waals surface area contributed by atoms with Crippen molar-refractivity contribution in [3.63, 3.8) is 0 Å². The first-order chi connectivity index (χ1) is 8.34. The fourth-order valence-corrected chi connectivity index (χ4v) is 1.18. The molecular formula is C11H21N3O4. The monoisotopic (exact) mass is 259 g/mol. The zero-order chi connectivity index (χ0) is 14.3. The first-order valence-electron chi connectivity index (χ1n) is 5.76. The normalized spacial score (nSPS) is 11.6. The zero-order valence-corrected chi connectivity index (χ0v) is 11.3. The fourth-order valence-electron chi connectivity index (χ4n) is 1.18. The van der Waals surface area contributed by atoms with E-state index >= 15 is 0 Å². The molecule has 7 heteroatoms. The molecule has 0 aliphatic heterocycles. The number of carbonyl (C=O) groups excluding carboxylic acids is 3. The van der Waals surface area contributed by atoms with Crippen LogP contribution in [0.3, 0.4) is 0 Å². The number of rotatable bonds is 6.